The van der Waals surface area contributed by atoms with E-state index in [0.29, 0.717) is 5.75 Å². The minimum atomic E-state index is -1.23. The van der Waals surface area contributed by atoms with Crippen LogP contribution >= 0.6 is 11.8 Å². The Labute approximate surface area is 101 Å². The molecule has 94 valence electrons. The Bertz CT molecular complexity index is 252. The van der Waals surface area contributed by atoms with Gasteiger partial charge in [0, 0.05) is 10.5 Å². The van der Waals surface area contributed by atoms with E-state index in [9.17, 15) is 9.59 Å². The molecular weight excluding hydrogens is 228 g/mol. The van der Waals surface area contributed by atoms with Crippen LogP contribution in [0.1, 0.15) is 27.7 Å². The van der Waals surface area contributed by atoms with Gasteiger partial charge in [-0.15, -0.1) is 0 Å². The number of methoxy groups -OCH3 is 2. The summed E-state index contributed by atoms with van der Waals surface area (Å²) in [6, 6.07) is 0. The molecule has 0 aromatic heterocycles. The van der Waals surface area contributed by atoms with Crippen LogP contribution in [0.15, 0.2) is 0 Å². The third-order valence-electron chi connectivity index (χ3n) is 2.07. The molecule has 0 aromatic rings. The Morgan fingerprint density at radius 2 is 1.38 bits per heavy atom. The molecule has 0 unspecified atom stereocenters. The van der Waals surface area contributed by atoms with Gasteiger partial charge in [0.1, 0.15) is 0 Å². The maximum atomic E-state index is 11.6. The molecule has 0 aliphatic rings. The summed E-state index contributed by atoms with van der Waals surface area (Å²) in [6.45, 7) is 7.61. The Kier molecular flexibility index (Phi) is 5.32. The van der Waals surface area contributed by atoms with Gasteiger partial charge < -0.3 is 9.47 Å². The first-order valence-corrected chi connectivity index (χ1v) is 5.96. The van der Waals surface area contributed by atoms with E-state index in [1.807, 2.05) is 20.8 Å². The standard InChI is InChI=1S/C11H20O4S/c1-10(2,3)16-7-11(4,8(12)14-5)9(13)15-6/h7H2,1-6H3. The van der Waals surface area contributed by atoms with Crippen LogP contribution in [0.5, 0.6) is 0 Å². The fourth-order valence-electron chi connectivity index (χ4n) is 1.01. The molecule has 0 saturated heterocycles. The highest BCUT2D eigenvalue weighted by atomic mass is 32.2. The second kappa shape index (κ2) is 5.57. The molecule has 0 spiro atoms. The number of carbonyl (C=O) groups is 2. The molecule has 0 aliphatic carbocycles. The van der Waals surface area contributed by atoms with Crippen molar-refractivity contribution in [2.75, 3.05) is 20.0 Å². The summed E-state index contributed by atoms with van der Waals surface area (Å²) in [4.78, 5) is 23.2. The van der Waals surface area contributed by atoms with Crippen molar-refractivity contribution in [2.45, 2.75) is 32.4 Å². The van der Waals surface area contributed by atoms with Gasteiger partial charge in [0.2, 0.25) is 0 Å². The maximum absolute atomic E-state index is 11.6. The molecule has 4 nitrogen and oxygen atoms in total. The van der Waals surface area contributed by atoms with Crippen molar-refractivity contribution in [1.82, 2.24) is 0 Å². The lowest BCUT2D eigenvalue weighted by Crippen LogP contribution is -2.41. The molecule has 0 fully saturated rings. The SMILES string of the molecule is COC(=O)C(C)(CSC(C)(C)C)C(=O)OC. The Balaban J connectivity index is 4.82. The van der Waals surface area contributed by atoms with Crippen molar-refractivity contribution in [3.63, 3.8) is 0 Å². The quantitative estimate of drug-likeness (QED) is 0.561. The molecule has 0 bridgehead atoms. The molecule has 0 N–H and O–H groups in total. The Morgan fingerprint density at radius 1 is 1.00 bits per heavy atom. The number of esters is 2. The lowest BCUT2D eigenvalue weighted by atomic mass is 9.94. The maximum Gasteiger partial charge on any atom is 0.323 e. The molecule has 0 aliphatic heterocycles. The number of carbonyl (C=O) groups excluding carboxylic acids is 2. The zero-order chi connectivity index (χ0) is 13.0. The van der Waals surface area contributed by atoms with Crippen LogP contribution < -0.4 is 0 Å². The van der Waals surface area contributed by atoms with Crippen molar-refractivity contribution in [3.8, 4) is 0 Å². The van der Waals surface area contributed by atoms with Gasteiger partial charge in [0.05, 0.1) is 14.2 Å². The van der Waals surface area contributed by atoms with E-state index in [1.54, 1.807) is 6.92 Å². The van der Waals surface area contributed by atoms with Gasteiger partial charge in [-0.25, -0.2) is 0 Å². The van der Waals surface area contributed by atoms with E-state index in [4.69, 9.17) is 0 Å². The smallest absolute Gasteiger partial charge is 0.323 e. The number of hydrogen-bond donors (Lipinski definition) is 0. The Hall–Kier alpha value is -0.710. The molecule has 0 heterocycles. The van der Waals surface area contributed by atoms with Gasteiger partial charge in [-0.05, 0) is 6.92 Å². The predicted octanol–water partition coefficient (Wildman–Crippen LogP) is 1.87. The van der Waals surface area contributed by atoms with E-state index >= 15 is 0 Å². The summed E-state index contributed by atoms with van der Waals surface area (Å²) < 4.78 is 9.28. The second-order valence-electron chi connectivity index (χ2n) is 4.72. The van der Waals surface area contributed by atoms with E-state index < -0.39 is 17.4 Å². The first-order valence-electron chi connectivity index (χ1n) is 4.98. The minimum absolute atomic E-state index is 0.0245. The third-order valence-corrected chi connectivity index (χ3v) is 3.65. The van der Waals surface area contributed by atoms with Crippen LogP contribution in [0.4, 0.5) is 0 Å². The fourth-order valence-corrected chi connectivity index (χ4v) is 1.97. The van der Waals surface area contributed by atoms with Crippen molar-refractivity contribution in [2.24, 2.45) is 5.41 Å². The number of thioether (sulfide) groups is 1. The highest BCUT2D eigenvalue weighted by molar-refractivity contribution is 8.00. The minimum Gasteiger partial charge on any atom is -0.468 e. The highest BCUT2D eigenvalue weighted by Crippen LogP contribution is 2.32. The van der Waals surface area contributed by atoms with Crippen LogP contribution in [0.3, 0.4) is 0 Å². The van der Waals surface area contributed by atoms with Crippen LogP contribution in [0.25, 0.3) is 0 Å². The number of rotatable bonds is 4. The van der Waals surface area contributed by atoms with Crippen molar-refractivity contribution >= 4 is 23.7 Å². The topological polar surface area (TPSA) is 52.6 Å². The van der Waals surface area contributed by atoms with Crippen LogP contribution in [0, 0.1) is 5.41 Å². The molecule has 0 radical (unpaired) electrons. The Morgan fingerprint density at radius 3 is 1.62 bits per heavy atom. The number of ether oxygens (including phenoxy) is 2. The van der Waals surface area contributed by atoms with Crippen LogP contribution in [0.2, 0.25) is 0 Å². The normalized spacial score (nSPS) is 12.1. The average molecular weight is 248 g/mol. The van der Waals surface area contributed by atoms with Crippen LogP contribution in [-0.4, -0.2) is 36.7 Å². The van der Waals surface area contributed by atoms with E-state index in [0.717, 1.165) is 0 Å². The fraction of sp³-hybridized carbons (Fsp3) is 0.818. The van der Waals surface area contributed by atoms with Gasteiger partial charge >= 0.3 is 11.9 Å². The second-order valence-corrected chi connectivity index (χ2v) is 6.52. The summed E-state index contributed by atoms with van der Waals surface area (Å²) in [5.74, 6) is -0.775. The molecule has 5 heteroatoms. The summed E-state index contributed by atoms with van der Waals surface area (Å²) in [5.41, 5.74) is -1.23. The molecule has 0 aromatic carbocycles. The third kappa shape index (κ3) is 4.04. The molecule has 0 atom stereocenters. The summed E-state index contributed by atoms with van der Waals surface area (Å²) in [5, 5.41) is 0. The van der Waals surface area contributed by atoms with Crippen molar-refractivity contribution in [3.05, 3.63) is 0 Å². The molecule has 0 amide bonds. The predicted molar refractivity (Wildman–Crippen MR) is 64.4 cm³/mol. The average Bonchev–Trinajstić information content (AvgIpc) is 2.22. The van der Waals surface area contributed by atoms with Crippen molar-refractivity contribution in [1.29, 1.82) is 0 Å². The summed E-state index contributed by atoms with van der Waals surface area (Å²) in [7, 11) is 2.54. The monoisotopic (exact) mass is 248 g/mol. The lowest BCUT2D eigenvalue weighted by Gasteiger charge is -2.27. The van der Waals surface area contributed by atoms with Gasteiger partial charge in [-0.3, -0.25) is 9.59 Å². The zero-order valence-electron chi connectivity index (χ0n) is 10.7. The van der Waals surface area contributed by atoms with Gasteiger partial charge in [0.15, 0.2) is 5.41 Å². The molecule has 0 saturated carbocycles. The molecule has 0 rings (SSSR count). The van der Waals surface area contributed by atoms with E-state index in [-0.39, 0.29) is 4.75 Å². The summed E-state index contributed by atoms with van der Waals surface area (Å²) >= 11 is 1.53. The first-order chi connectivity index (χ1) is 7.17. The van der Waals surface area contributed by atoms with Gasteiger partial charge in [0.25, 0.3) is 0 Å². The van der Waals surface area contributed by atoms with Crippen molar-refractivity contribution < 1.29 is 19.1 Å². The van der Waals surface area contributed by atoms with E-state index in [2.05, 4.69) is 9.47 Å². The highest BCUT2D eigenvalue weighted by Gasteiger charge is 2.44. The van der Waals surface area contributed by atoms with E-state index in [1.165, 1.54) is 26.0 Å². The summed E-state index contributed by atoms with van der Waals surface area (Å²) in [6.07, 6.45) is 0. The molecular formula is C11H20O4S. The number of hydrogen-bond acceptors (Lipinski definition) is 5. The van der Waals surface area contributed by atoms with Crippen LogP contribution in [-0.2, 0) is 19.1 Å². The van der Waals surface area contributed by atoms with Gasteiger partial charge in [-0.1, -0.05) is 20.8 Å². The first kappa shape index (κ1) is 15.3. The molecule has 16 heavy (non-hydrogen) atoms. The van der Waals surface area contributed by atoms with Gasteiger partial charge in [-0.2, -0.15) is 11.8 Å². The zero-order valence-corrected chi connectivity index (χ0v) is 11.6. The largest absolute Gasteiger partial charge is 0.468 e. The lowest BCUT2D eigenvalue weighted by molar-refractivity contribution is -0.165.